The molecule has 0 aliphatic carbocycles. The van der Waals surface area contributed by atoms with Gasteiger partial charge in [-0.15, -0.1) is 0 Å². The maximum atomic E-state index is 5.29. The Balaban J connectivity index is 1.87. The van der Waals surface area contributed by atoms with E-state index in [0.717, 1.165) is 56.6 Å². The maximum absolute atomic E-state index is 5.29. The minimum Gasteiger partial charge on any atom is -0.361 e. The Bertz CT molecular complexity index is 1050. The minimum absolute atomic E-state index is 0.649. The zero-order valence-corrected chi connectivity index (χ0v) is 14.9. The summed E-state index contributed by atoms with van der Waals surface area (Å²) in [4.78, 5) is 9.12. The zero-order chi connectivity index (χ0) is 17.7. The summed E-state index contributed by atoms with van der Waals surface area (Å²) in [7, 11) is 0. The van der Waals surface area contributed by atoms with Crippen LogP contribution in [0.4, 0.5) is 0 Å². The topological polar surface area (TPSA) is 82.8 Å². The molecule has 4 heterocycles. The van der Waals surface area contributed by atoms with Crippen molar-refractivity contribution in [3.05, 3.63) is 46.6 Å². The van der Waals surface area contributed by atoms with E-state index in [2.05, 4.69) is 30.9 Å². The third-order valence-corrected chi connectivity index (χ3v) is 4.62. The molecule has 0 saturated carbocycles. The first-order chi connectivity index (χ1) is 12.0. The summed E-state index contributed by atoms with van der Waals surface area (Å²) in [6, 6.07) is 2.09. The van der Waals surface area contributed by atoms with Crippen molar-refractivity contribution in [2.24, 2.45) is 0 Å². The first-order valence-corrected chi connectivity index (χ1v) is 8.13. The lowest BCUT2D eigenvalue weighted by molar-refractivity contribution is 0.392. The van der Waals surface area contributed by atoms with Crippen molar-refractivity contribution in [2.75, 3.05) is 0 Å². The van der Waals surface area contributed by atoms with Gasteiger partial charge in [0.2, 0.25) is 0 Å². The standard InChI is InChI=1S/C18H19N5O2/c1-9-15(11(3)24-21-9)8-23-13(5)20-18-16(23)6-14(7-19-18)17-10(2)22-25-12(17)4/h6-7H,8H2,1-5H3. The van der Waals surface area contributed by atoms with E-state index in [1.165, 1.54) is 0 Å². The normalized spacial score (nSPS) is 11.6. The van der Waals surface area contributed by atoms with E-state index >= 15 is 0 Å². The molecule has 0 saturated heterocycles. The largest absolute Gasteiger partial charge is 0.361 e. The van der Waals surface area contributed by atoms with Crippen LogP contribution in [0.3, 0.4) is 0 Å². The second kappa shape index (κ2) is 5.54. The average molecular weight is 337 g/mol. The van der Waals surface area contributed by atoms with E-state index in [-0.39, 0.29) is 0 Å². The summed E-state index contributed by atoms with van der Waals surface area (Å²) in [5.74, 6) is 2.51. The Kier molecular flexibility index (Phi) is 3.45. The van der Waals surface area contributed by atoms with Crippen molar-refractivity contribution in [3.63, 3.8) is 0 Å². The van der Waals surface area contributed by atoms with Gasteiger partial charge in [0.1, 0.15) is 17.3 Å². The molecule has 0 aromatic carbocycles. The molecule has 0 fully saturated rings. The lowest BCUT2D eigenvalue weighted by atomic mass is 10.1. The number of aromatic nitrogens is 5. The fourth-order valence-corrected chi connectivity index (χ4v) is 3.24. The van der Waals surface area contributed by atoms with E-state index < -0.39 is 0 Å². The summed E-state index contributed by atoms with van der Waals surface area (Å²) in [6.07, 6.45) is 1.82. The van der Waals surface area contributed by atoms with E-state index in [9.17, 15) is 0 Å². The first kappa shape index (κ1) is 15.6. The van der Waals surface area contributed by atoms with Crippen LogP contribution in [0.15, 0.2) is 21.3 Å². The molecule has 0 bridgehead atoms. The molecule has 7 heteroatoms. The van der Waals surface area contributed by atoms with Crippen molar-refractivity contribution in [2.45, 2.75) is 41.2 Å². The molecule has 7 nitrogen and oxygen atoms in total. The zero-order valence-electron chi connectivity index (χ0n) is 14.9. The van der Waals surface area contributed by atoms with Crippen molar-refractivity contribution < 1.29 is 9.05 Å². The monoisotopic (exact) mass is 337 g/mol. The number of nitrogens with zero attached hydrogens (tertiary/aromatic N) is 5. The fraction of sp³-hybridized carbons (Fsp3) is 0.333. The van der Waals surface area contributed by atoms with Gasteiger partial charge in [-0.05, 0) is 40.7 Å². The summed E-state index contributed by atoms with van der Waals surface area (Å²) in [6.45, 7) is 10.4. The Morgan fingerprint density at radius 3 is 2.32 bits per heavy atom. The van der Waals surface area contributed by atoms with E-state index in [1.807, 2.05) is 40.8 Å². The molecular weight excluding hydrogens is 318 g/mol. The number of rotatable bonds is 3. The summed E-state index contributed by atoms with van der Waals surface area (Å²) < 4.78 is 12.7. The van der Waals surface area contributed by atoms with Crippen LogP contribution in [0, 0.1) is 34.6 Å². The highest BCUT2D eigenvalue weighted by molar-refractivity contribution is 5.80. The van der Waals surface area contributed by atoms with Gasteiger partial charge in [-0.1, -0.05) is 10.3 Å². The molecule has 25 heavy (non-hydrogen) atoms. The van der Waals surface area contributed by atoms with Gasteiger partial charge in [-0.3, -0.25) is 0 Å². The van der Waals surface area contributed by atoms with E-state index in [4.69, 9.17) is 9.05 Å². The molecule has 0 N–H and O–H groups in total. The third kappa shape index (κ3) is 2.43. The Morgan fingerprint density at radius 2 is 1.68 bits per heavy atom. The van der Waals surface area contributed by atoms with Crippen LogP contribution < -0.4 is 0 Å². The molecule has 0 aliphatic rings. The highest BCUT2D eigenvalue weighted by Gasteiger charge is 2.17. The van der Waals surface area contributed by atoms with Gasteiger partial charge in [0, 0.05) is 22.9 Å². The second-order valence-corrected chi connectivity index (χ2v) is 6.31. The summed E-state index contributed by atoms with van der Waals surface area (Å²) in [5.41, 5.74) is 6.47. The number of imidazole rings is 1. The highest BCUT2D eigenvalue weighted by Crippen LogP contribution is 2.29. The summed E-state index contributed by atoms with van der Waals surface area (Å²) >= 11 is 0. The van der Waals surface area contributed by atoms with Gasteiger partial charge in [-0.25, -0.2) is 9.97 Å². The number of aryl methyl sites for hydroxylation is 5. The molecule has 0 spiro atoms. The number of hydrogen-bond acceptors (Lipinski definition) is 6. The van der Waals surface area contributed by atoms with Gasteiger partial charge in [0.05, 0.1) is 23.4 Å². The van der Waals surface area contributed by atoms with Gasteiger partial charge in [-0.2, -0.15) is 0 Å². The van der Waals surface area contributed by atoms with Crippen LogP contribution in [-0.2, 0) is 6.54 Å². The van der Waals surface area contributed by atoms with Gasteiger partial charge >= 0.3 is 0 Å². The molecular formula is C18H19N5O2. The first-order valence-electron chi connectivity index (χ1n) is 8.13. The van der Waals surface area contributed by atoms with Crippen LogP contribution in [0.5, 0.6) is 0 Å². The molecule has 4 aromatic heterocycles. The molecule has 0 atom stereocenters. The van der Waals surface area contributed by atoms with Crippen LogP contribution in [0.2, 0.25) is 0 Å². The lowest BCUT2D eigenvalue weighted by Gasteiger charge is -2.07. The molecule has 0 aliphatic heterocycles. The molecule has 4 aromatic rings. The van der Waals surface area contributed by atoms with E-state index in [0.29, 0.717) is 6.54 Å². The Morgan fingerprint density at radius 1 is 0.960 bits per heavy atom. The fourth-order valence-electron chi connectivity index (χ4n) is 3.24. The minimum atomic E-state index is 0.649. The van der Waals surface area contributed by atoms with Crippen molar-refractivity contribution >= 4 is 11.2 Å². The molecule has 0 unspecified atom stereocenters. The molecule has 0 amide bonds. The molecule has 128 valence electrons. The maximum Gasteiger partial charge on any atom is 0.177 e. The predicted molar refractivity (Wildman–Crippen MR) is 92.3 cm³/mol. The SMILES string of the molecule is Cc1noc(C)c1Cn1c(C)nc2ncc(-c3c(C)noc3C)cc21. The Labute approximate surface area is 144 Å². The van der Waals surface area contributed by atoms with Gasteiger partial charge < -0.3 is 13.6 Å². The molecule has 0 radical (unpaired) electrons. The van der Waals surface area contributed by atoms with Crippen LogP contribution in [-0.4, -0.2) is 24.8 Å². The summed E-state index contributed by atoms with van der Waals surface area (Å²) in [5, 5.41) is 8.08. The molecule has 4 rings (SSSR count). The smallest absolute Gasteiger partial charge is 0.177 e. The Hall–Kier alpha value is -2.96. The second-order valence-electron chi connectivity index (χ2n) is 6.31. The van der Waals surface area contributed by atoms with E-state index in [1.54, 1.807) is 0 Å². The highest BCUT2D eigenvalue weighted by atomic mass is 16.5. The number of hydrogen-bond donors (Lipinski definition) is 0. The van der Waals surface area contributed by atoms with Gasteiger partial charge in [0.15, 0.2) is 5.65 Å². The van der Waals surface area contributed by atoms with Gasteiger partial charge in [0.25, 0.3) is 0 Å². The third-order valence-electron chi connectivity index (χ3n) is 4.62. The average Bonchev–Trinajstić information content (AvgIpc) is 3.19. The van der Waals surface area contributed by atoms with Crippen LogP contribution in [0.25, 0.3) is 22.3 Å². The van der Waals surface area contributed by atoms with Crippen molar-refractivity contribution in [1.82, 2.24) is 24.8 Å². The quantitative estimate of drug-likeness (QED) is 0.567. The number of pyridine rings is 1. The predicted octanol–water partition coefficient (Wildman–Crippen LogP) is 3.66. The van der Waals surface area contributed by atoms with Crippen LogP contribution in [0.1, 0.15) is 34.3 Å². The lowest BCUT2D eigenvalue weighted by Crippen LogP contribution is -2.04. The van der Waals surface area contributed by atoms with Crippen LogP contribution >= 0.6 is 0 Å². The van der Waals surface area contributed by atoms with Crippen molar-refractivity contribution in [3.8, 4) is 11.1 Å². The number of fused-ring (bicyclic) bond motifs is 1. The van der Waals surface area contributed by atoms with Crippen molar-refractivity contribution in [1.29, 1.82) is 0 Å².